The molecule has 5 nitrogen and oxygen atoms in total. The third kappa shape index (κ3) is 9.15. The van der Waals surface area contributed by atoms with E-state index >= 15 is 0 Å². The first kappa shape index (κ1) is 39.2. The molecule has 3 heterocycles. The molecule has 0 bridgehead atoms. The van der Waals surface area contributed by atoms with Gasteiger partial charge in [-0.3, -0.25) is 0 Å². The van der Waals surface area contributed by atoms with Crippen LogP contribution >= 0.6 is 0 Å². The van der Waals surface area contributed by atoms with Gasteiger partial charge in [-0.25, -0.2) is 4.98 Å². The molecule has 12 rings (SSSR count). The molecule has 0 fully saturated rings. The van der Waals surface area contributed by atoms with Crippen LogP contribution in [0.3, 0.4) is 0 Å². The van der Waals surface area contributed by atoms with Crippen molar-refractivity contribution in [2.24, 2.45) is 0 Å². The van der Waals surface area contributed by atoms with Crippen molar-refractivity contribution in [3.8, 4) is 50.7 Å². The minimum absolute atomic E-state index is 0. The number of benzene rings is 8. The van der Waals surface area contributed by atoms with E-state index in [4.69, 9.17) is 15.2 Å². The van der Waals surface area contributed by atoms with Gasteiger partial charge >= 0.3 is 0 Å². The molecule has 2 aromatic heterocycles. The van der Waals surface area contributed by atoms with Gasteiger partial charge in [0.05, 0.1) is 15.1 Å². The fourth-order valence-electron chi connectivity index (χ4n) is 10.5. The summed E-state index contributed by atoms with van der Waals surface area (Å²) >= 11 is 0. The summed E-state index contributed by atoms with van der Waals surface area (Å²) in [6.45, 7) is 22.6. The molecule has 0 radical (unpaired) electrons. The van der Waals surface area contributed by atoms with Crippen LogP contribution in [0.4, 0.5) is 22.7 Å². The van der Waals surface area contributed by atoms with Gasteiger partial charge < -0.3 is 19.1 Å². The van der Waals surface area contributed by atoms with Gasteiger partial charge in [0, 0.05) is 72.5 Å². The number of hydrogen-bond acceptors (Lipinski definition) is 4. The van der Waals surface area contributed by atoms with Crippen LogP contribution in [0.1, 0.15) is 119 Å². The number of nitrogens with zero attached hydrogens (tertiary/aromatic N) is 4. The summed E-state index contributed by atoms with van der Waals surface area (Å²) in [7, 11) is 0. The number of pyridine rings is 1. The second kappa shape index (κ2) is 19.1. The maximum atomic E-state index is 10.4. The van der Waals surface area contributed by atoms with Crippen molar-refractivity contribution in [3.05, 3.63) is 223 Å². The smallest absolute Gasteiger partial charge is 0.135 e. The van der Waals surface area contributed by atoms with Gasteiger partial charge in [-0.2, -0.15) is 12.1 Å². The topological polar surface area (TPSA) is 33.5 Å². The van der Waals surface area contributed by atoms with E-state index in [0.717, 1.165) is 24.0 Å². The standard InChI is InChI=1S/C70H65N4O.Pt/c1-67(2,3)50-35-38-71-65(42-50)74-61-24-15-14-23-55(61)56-33-32-54(44-64(56)74)75-53-22-18-21-52(43-53)72-45-73(63-26-17-16-25-62(63)72)66-57(48-29-27-47(28-30-48)46-19-12-11-13-20-46)40-51(68(4,5)6)41-58(66)49-31-34-59-60(39-49)70(9,10)37-36-69(59,7)8;/h11-35,38-42,45H,36-37H2,1-10H3;/q-3;/i14D,15D,23D,24D,27D,28D,29D,30D,31D,34D,39D;. The Morgan fingerprint density at radius 1 is 0.579 bits per heavy atom. The predicted molar refractivity (Wildman–Crippen MR) is 313 cm³/mol. The van der Waals surface area contributed by atoms with Crippen molar-refractivity contribution in [3.63, 3.8) is 0 Å². The molecular weight excluding hydrogens is 1110 g/mol. The summed E-state index contributed by atoms with van der Waals surface area (Å²) in [4.78, 5) is 8.59. The molecule has 0 spiro atoms. The molecule has 6 heteroatoms. The summed E-state index contributed by atoms with van der Waals surface area (Å²) in [6, 6.07) is 38.3. The molecule has 10 aromatic rings. The first-order valence-electron chi connectivity index (χ1n) is 31.2. The van der Waals surface area contributed by atoms with Crippen LogP contribution in [-0.4, -0.2) is 9.55 Å². The Bertz CT molecular complexity index is 4460. The normalized spacial score (nSPS) is 16.9. The molecule has 0 amide bonds. The Morgan fingerprint density at radius 3 is 1.93 bits per heavy atom. The van der Waals surface area contributed by atoms with Gasteiger partial charge in [-0.1, -0.05) is 178 Å². The Kier molecular flexibility index (Phi) is 9.86. The minimum Gasteiger partial charge on any atom is -0.509 e. The van der Waals surface area contributed by atoms with E-state index in [9.17, 15) is 9.60 Å². The molecule has 0 atom stereocenters. The van der Waals surface area contributed by atoms with Crippen LogP contribution in [0.2, 0.25) is 0 Å². The SMILES string of the molecule is [2H]c1c([2H])c(-c2cc(C(C)(C)C)cc(-c3c([2H])c([2H])c4c(c3[2H])C(C)(C)CCC4(C)C)c2N2[CH-]N(c3[c-]c(Oc4[c-]c5c(cc4)c4c([2H])c([2H])c([2H])c([2H])c4n5-c4cc(C(C)(C)C)ccn4)ccc3)c3ccccc32)c([2H])c([2H])c1-c1ccccc1.[Pt]. The molecule has 0 saturated carbocycles. The van der Waals surface area contributed by atoms with E-state index in [0.29, 0.717) is 78.4 Å². The molecule has 2 aliphatic rings. The molecule has 384 valence electrons. The third-order valence-electron chi connectivity index (χ3n) is 15.0. The maximum absolute atomic E-state index is 10.4. The number of rotatable bonds is 8. The second-order valence-electron chi connectivity index (χ2n) is 23.2. The molecule has 0 saturated heterocycles. The Morgan fingerprint density at radius 2 is 1.21 bits per heavy atom. The average Bonchev–Trinajstić information content (AvgIpc) is 1.62. The molecule has 1 aliphatic heterocycles. The van der Waals surface area contributed by atoms with E-state index in [1.165, 1.54) is 0 Å². The van der Waals surface area contributed by atoms with Crippen molar-refractivity contribution in [2.45, 2.75) is 104 Å². The zero-order valence-electron chi connectivity index (χ0n) is 55.5. The number of aromatic nitrogens is 2. The summed E-state index contributed by atoms with van der Waals surface area (Å²) in [5, 5.41) is 0.868. The minimum atomic E-state index is -0.583. The fourth-order valence-corrected chi connectivity index (χ4v) is 10.5. The van der Waals surface area contributed by atoms with Gasteiger partial charge in [-0.05, 0) is 127 Å². The van der Waals surface area contributed by atoms with Gasteiger partial charge in [-0.15, -0.1) is 48.1 Å². The summed E-state index contributed by atoms with van der Waals surface area (Å²) in [5.41, 5.74) is 6.02. The van der Waals surface area contributed by atoms with Crippen molar-refractivity contribution in [1.29, 1.82) is 0 Å². The number of fused-ring (bicyclic) bond motifs is 5. The summed E-state index contributed by atoms with van der Waals surface area (Å²) in [6.07, 6.45) is 3.23. The third-order valence-corrected chi connectivity index (χ3v) is 15.0. The number of anilines is 4. The monoisotopic (exact) mass is 1180 g/mol. The number of hydrogen-bond donors (Lipinski definition) is 0. The van der Waals surface area contributed by atoms with Gasteiger partial charge in [0.15, 0.2) is 0 Å². The van der Waals surface area contributed by atoms with Gasteiger partial charge in [0.25, 0.3) is 0 Å². The van der Waals surface area contributed by atoms with E-state index in [1.807, 2.05) is 104 Å². The van der Waals surface area contributed by atoms with Crippen LogP contribution in [0.5, 0.6) is 11.5 Å². The quantitative estimate of drug-likeness (QED) is 0.142. The number of para-hydroxylation sites is 3. The molecular formula is C70H65N4OPt-3. The molecule has 0 unspecified atom stereocenters. The van der Waals surface area contributed by atoms with Crippen molar-refractivity contribution < 1.29 is 40.9 Å². The Labute approximate surface area is 480 Å². The fraction of sp³-hybridized carbons (Fsp3) is 0.229. The largest absolute Gasteiger partial charge is 0.509 e. The second-order valence-corrected chi connectivity index (χ2v) is 23.2. The van der Waals surface area contributed by atoms with Crippen LogP contribution in [-0.2, 0) is 42.7 Å². The average molecular weight is 1180 g/mol. The van der Waals surface area contributed by atoms with E-state index in [2.05, 4.69) is 60.6 Å². The van der Waals surface area contributed by atoms with Crippen LogP contribution in [0, 0.1) is 18.8 Å². The van der Waals surface area contributed by atoms with Crippen LogP contribution in [0.25, 0.3) is 61.0 Å². The van der Waals surface area contributed by atoms with Crippen LogP contribution < -0.4 is 14.5 Å². The first-order chi connectivity index (χ1) is 40.5. The molecule has 1 aliphatic carbocycles. The van der Waals surface area contributed by atoms with Crippen molar-refractivity contribution in [1.82, 2.24) is 9.55 Å². The zero-order valence-corrected chi connectivity index (χ0v) is 46.7. The van der Waals surface area contributed by atoms with E-state index in [1.54, 1.807) is 53.2 Å². The van der Waals surface area contributed by atoms with Crippen molar-refractivity contribution >= 4 is 44.6 Å². The summed E-state index contributed by atoms with van der Waals surface area (Å²) in [5.74, 6) is 1.04. The van der Waals surface area contributed by atoms with E-state index < -0.39 is 16.2 Å². The van der Waals surface area contributed by atoms with Crippen LogP contribution in [0.15, 0.2) is 182 Å². The first-order valence-corrected chi connectivity index (χ1v) is 25.7. The zero-order chi connectivity index (χ0) is 61.6. The Balaban J connectivity index is 0.00000784. The van der Waals surface area contributed by atoms with Gasteiger partial charge in [0.1, 0.15) is 5.82 Å². The van der Waals surface area contributed by atoms with Gasteiger partial charge in [0.2, 0.25) is 0 Å². The van der Waals surface area contributed by atoms with Crippen molar-refractivity contribution in [2.75, 3.05) is 9.80 Å². The Hall–Kier alpha value is -7.20. The van der Waals surface area contributed by atoms with E-state index in [-0.39, 0.29) is 121 Å². The molecule has 76 heavy (non-hydrogen) atoms. The maximum Gasteiger partial charge on any atom is 0.135 e. The predicted octanol–water partition coefficient (Wildman–Crippen LogP) is 18.9. The molecule has 0 N–H and O–H groups in total. The summed E-state index contributed by atoms with van der Waals surface area (Å²) < 4.78 is 113. The number of ether oxygens (including phenoxy) is 1. The molecule has 8 aromatic carbocycles.